The zero-order valence-corrected chi connectivity index (χ0v) is 20.5. The summed E-state index contributed by atoms with van der Waals surface area (Å²) in [5.41, 5.74) is 10.7. The van der Waals surface area contributed by atoms with E-state index in [0.717, 1.165) is 43.9 Å². The average molecular weight is 487 g/mol. The summed E-state index contributed by atoms with van der Waals surface area (Å²) in [6.07, 6.45) is 0. The molecule has 2 nitrogen and oxygen atoms in total. The van der Waals surface area contributed by atoms with Crippen LogP contribution in [-0.4, -0.2) is 0 Å². The van der Waals surface area contributed by atoms with Crippen molar-refractivity contribution < 1.29 is 8.83 Å². The van der Waals surface area contributed by atoms with Crippen LogP contribution in [0.5, 0.6) is 0 Å². The summed E-state index contributed by atoms with van der Waals surface area (Å²) < 4.78 is 12.3. The molecule has 0 spiro atoms. The predicted molar refractivity (Wildman–Crippen MR) is 157 cm³/mol. The van der Waals surface area contributed by atoms with Crippen LogP contribution >= 0.6 is 0 Å². The molecule has 0 fully saturated rings. The maximum absolute atomic E-state index is 6.15. The van der Waals surface area contributed by atoms with E-state index in [9.17, 15) is 0 Å². The van der Waals surface area contributed by atoms with Gasteiger partial charge in [0.1, 0.15) is 22.3 Å². The van der Waals surface area contributed by atoms with E-state index in [1.165, 1.54) is 33.4 Å². The summed E-state index contributed by atoms with van der Waals surface area (Å²) in [6.45, 7) is 0. The van der Waals surface area contributed by atoms with E-state index in [4.69, 9.17) is 8.83 Å². The Hall–Kier alpha value is -5.08. The van der Waals surface area contributed by atoms with Gasteiger partial charge >= 0.3 is 0 Å². The molecule has 2 heteroatoms. The highest BCUT2D eigenvalue weighted by atomic mass is 16.3. The van der Waals surface area contributed by atoms with Crippen molar-refractivity contribution in [2.75, 3.05) is 0 Å². The van der Waals surface area contributed by atoms with Crippen molar-refractivity contribution in [1.29, 1.82) is 0 Å². The lowest BCUT2D eigenvalue weighted by molar-refractivity contribution is 0.668. The van der Waals surface area contributed by atoms with Gasteiger partial charge in [-0.3, -0.25) is 0 Å². The smallest absolute Gasteiger partial charge is 0.136 e. The lowest BCUT2D eigenvalue weighted by Crippen LogP contribution is -1.85. The average Bonchev–Trinajstić information content (AvgIpc) is 3.56. The molecule has 0 saturated heterocycles. The number of furan rings is 2. The van der Waals surface area contributed by atoms with Crippen LogP contribution in [0.1, 0.15) is 0 Å². The highest BCUT2D eigenvalue weighted by molar-refractivity contribution is 6.13. The first-order valence-corrected chi connectivity index (χ1v) is 12.9. The van der Waals surface area contributed by atoms with Gasteiger partial charge in [-0.2, -0.15) is 0 Å². The van der Waals surface area contributed by atoms with Gasteiger partial charge in [-0.15, -0.1) is 0 Å². The monoisotopic (exact) mass is 486 g/mol. The molecule has 0 aliphatic carbocycles. The second-order valence-corrected chi connectivity index (χ2v) is 9.72. The maximum atomic E-state index is 6.15. The Morgan fingerprint density at radius 1 is 0.316 bits per heavy atom. The molecular weight excluding hydrogens is 464 g/mol. The number of para-hydroxylation sites is 2. The zero-order chi connectivity index (χ0) is 25.1. The number of fused-ring (bicyclic) bond motifs is 6. The van der Waals surface area contributed by atoms with E-state index in [1.54, 1.807) is 0 Å². The molecule has 0 N–H and O–H groups in total. The standard InChI is InChI=1S/C36H22O2/c1-3-17-31-29(13-1)35-27(15-7-19-33(35)37-31)25-11-5-9-23(21-25)24-10-6-12-26(22-24)28-16-8-20-34-36(28)30-14-2-4-18-32(30)38-34/h1-22H. The van der Waals surface area contributed by atoms with Crippen LogP contribution in [0.2, 0.25) is 0 Å². The Balaban J connectivity index is 1.28. The normalized spacial score (nSPS) is 11.7. The quantitative estimate of drug-likeness (QED) is 0.248. The Kier molecular flexibility index (Phi) is 4.55. The second-order valence-electron chi connectivity index (χ2n) is 9.72. The third kappa shape index (κ3) is 3.21. The Labute approximate surface area is 219 Å². The van der Waals surface area contributed by atoms with Crippen molar-refractivity contribution in [2.24, 2.45) is 0 Å². The zero-order valence-electron chi connectivity index (χ0n) is 20.5. The van der Waals surface area contributed by atoms with Crippen LogP contribution in [0.15, 0.2) is 142 Å². The first kappa shape index (κ1) is 21.0. The molecule has 0 amide bonds. The van der Waals surface area contributed by atoms with E-state index in [1.807, 2.05) is 36.4 Å². The molecule has 6 aromatic carbocycles. The molecule has 0 bridgehead atoms. The Morgan fingerprint density at radius 2 is 0.711 bits per heavy atom. The van der Waals surface area contributed by atoms with Crippen molar-refractivity contribution in [3.63, 3.8) is 0 Å². The molecule has 8 rings (SSSR count). The second kappa shape index (κ2) is 8.22. The minimum atomic E-state index is 0.913. The van der Waals surface area contributed by atoms with Crippen LogP contribution in [0, 0.1) is 0 Å². The first-order chi connectivity index (χ1) is 18.8. The third-order valence-electron chi connectivity index (χ3n) is 7.49. The summed E-state index contributed by atoms with van der Waals surface area (Å²) in [6, 6.07) is 46.7. The molecule has 0 radical (unpaired) electrons. The summed E-state index contributed by atoms with van der Waals surface area (Å²) >= 11 is 0. The fourth-order valence-corrected chi connectivity index (χ4v) is 5.76. The van der Waals surface area contributed by atoms with Gasteiger partial charge in [0.2, 0.25) is 0 Å². The van der Waals surface area contributed by atoms with E-state index >= 15 is 0 Å². The minimum absolute atomic E-state index is 0.913. The molecule has 2 heterocycles. The topological polar surface area (TPSA) is 26.3 Å². The van der Waals surface area contributed by atoms with Crippen molar-refractivity contribution in [2.45, 2.75) is 0 Å². The molecule has 2 aromatic heterocycles. The highest BCUT2D eigenvalue weighted by Crippen LogP contribution is 2.40. The summed E-state index contributed by atoms with van der Waals surface area (Å²) in [5, 5.41) is 4.61. The Bertz CT molecular complexity index is 1990. The summed E-state index contributed by atoms with van der Waals surface area (Å²) in [4.78, 5) is 0. The molecular formula is C36H22O2. The molecule has 8 aromatic rings. The predicted octanol–water partition coefficient (Wildman–Crippen LogP) is 10.5. The summed E-state index contributed by atoms with van der Waals surface area (Å²) in [5.74, 6) is 0. The molecule has 0 aliphatic rings. The molecule has 178 valence electrons. The van der Waals surface area contributed by atoms with Gasteiger partial charge < -0.3 is 8.83 Å². The SMILES string of the molecule is c1cc(-c2cccc(-c3cccc4oc5ccccc5c34)c2)cc(-c2cccc3oc4ccccc4c23)c1. The number of rotatable bonds is 3. The van der Waals surface area contributed by atoms with Gasteiger partial charge in [-0.05, 0) is 69.8 Å². The van der Waals surface area contributed by atoms with Crippen LogP contribution in [0.25, 0.3) is 77.3 Å². The lowest BCUT2D eigenvalue weighted by atomic mass is 9.93. The van der Waals surface area contributed by atoms with Gasteiger partial charge in [0.05, 0.1) is 0 Å². The maximum Gasteiger partial charge on any atom is 0.136 e. The van der Waals surface area contributed by atoms with E-state index in [2.05, 4.69) is 97.1 Å². The van der Waals surface area contributed by atoms with Crippen LogP contribution in [0.3, 0.4) is 0 Å². The van der Waals surface area contributed by atoms with Gasteiger partial charge in [0.25, 0.3) is 0 Å². The van der Waals surface area contributed by atoms with Gasteiger partial charge in [0.15, 0.2) is 0 Å². The Morgan fingerprint density at radius 3 is 1.21 bits per heavy atom. The molecule has 0 unspecified atom stereocenters. The fourth-order valence-electron chi connectivity index (χ4n) is 5.76. The number of benzene rings is 6. The summed E-state index contributed by atoms with van der Waals surface area (Å²) in [7, 11) is 0. The van der Waals surface area contributed by atoms with Gasteiger partial charge in [-0.1, -0.05) is 97.1 Å². The third-order valence-corrected chi connectivity index (χ3v) is 7.49. The van der Waals surface area contributed by atoms with E-state index in [-0.39, 0.29) is 0 Å². The lowest BCUT2D eigenvalue weighted by Gasteiger charge is -2.10. The van der Waals surface area contributed by atoms with Crippen molar-refractivity contribution in [3.05, 3.63) is 133 Å². The fraction of sp³-hybridized carbons (Fsp3) is 0. The highest BCUT2D eigenvalue weighted by Gasteiger charge is 2.14. The van der Waals surface area contributed by atoms with E-state index in [0.29, 0.717) is 0 Å². The first-order valence-electron chi connectivity index (χ1n) is 12.9. The molecule has 0 saturated carbocycles. The minimum Gasteiger partial charge on any atom is -0.456 e. The number of hydrogen-bond acceptors (Lipinski definition) is 2. The number of hydrogen-bond donors (Lipinski definition) is 0. The van der Waals surface area contributed by atoms with Crippen molar-refractivity contribution in [1.82, 2.24) is 0 Å². The van der Waals surface area contributed by atoms with Crippen LogP contribution in [-0.2, 0) is 0 Å². The van der Waals surface area contributed by atoms with Crippen LogP contribution < -0.4 is 0 Å². The van der Waals surface area contributed by atoms with Crippen LogP contribution in [0.4, 0.5) is 0 Å². The van der Waals surface area contributed by atoms with E-state index < -0.39 is 0 Å². The largest absolute Gasteiger partial charge is 0.456 e. The van der Waals surface area contributed by atoms with Gasteiger partial charge in [0, 0.05) is 21.5 Å². The molecule has 0 atom stereocenters. The molecule has 38 heavy (non-hydrogen) atoms. The van der Waals surface area contributed by atoms with Crippen molar-refractivity contribution in [3.8, 4) is 33.4 Å². The van der Waals surface area contributed by atoms with Crippen molar-refractivity contribution >= 4 is 43.9 Å². The van der Waals surface area contributed by atoms with Gasteiger partial charge in [-0.25, -0.2) is 0 Å². The molecule has 0 aliphatic heterocycles.